The average molecular weight is 266 g/mol. The molecule has 1 aliphatic rings. The highest BCUT2D eigenvalue weighted by Crippen LogP contribution is 2.22. The number of carbonyl (C=O) groups is 1. The van der Waals surface area contributed by atoms with Crippen molar-refractivity contribution in [2.75, 3.05) is 6.54 Å². The Bertz CT molecular complexity index is 724. The predicted molar refractivity (Wildman–Crippen MR) is 75.4 cm³/mol. The predicted octanol–water partition coefficient (Wildman–Crippen LogP) is 0.598. The zero-order chi connectivity index (χ0) is 14.1. The first kappa shape index (κ1) is 12.5. The van der Waals surface area contributed by atoms with Crippen LogP contribution in [0.15, 0.2) is 24.3 Å². The van der Waals surface area contributed by atoms with Gasteiger partial charge in [0.1, 0.15) is 0 Å². The van der Waals surface area contributed by atoms with Crippen molar-refractivity contribution in [1.29, 1.82) is 0 Å². The molecule has 0 fully saturated rings. The number of nitrogens with two attached hydrogens (primary N) is 1. The molecule has 0 bridgehead atoms. The molecule has 1 aromatic heterocycles. The molecule has 1 aliphatic heterocycles. The van der Waals surface area contributed by atoms with Gasteiger partial charge in [-0.1, -0.05) is 12.0 Å². The lowest BCUT2D eigenvalue weighted by Crippen LogP contribution is -2.26. The molecular weight excluding hydrogens is 252 g/mol. The van der Waals surface area contributed by atoms with Crippen molar-refractivity contribution >= 4 is 5.91 Å². The van der Waals surface area contributed by atoms with E-state index in [-0.39, 0.29) is 0 Å². The number of terminal acetylenes is 1. The maximum absolute atomic E-state index is 11.5. The molecule has 0 saturated heterocycles. The third kappa shape index (κ3) is 1.96. The molecule has 5 heteroatoms. The van der Waals surface area contributed by atoms with Crippen LogP contribution in [0.25, 0.3) is 5.69 Å². The zero-order valence-electron chi connectivity index (χ0n) is 10.9. The van der Waals surface area contributed by atoms with Crippen LogP contribution >= 0.6 is 0 Å². The molecule has 0 spiro atoms. The Morgan fingerprint density at radius 1 is 1.50 bits per heavy atom. The summed E-state index contributed by atoms with van der Waals surface area (Å²) in [6, 6.07) is 7.53. The summed E-state index contributed by atoms with van der Waals surface area (Å²) in [7, 11) is 0. The Kier molecular flexibility index (Phi) is 3.01. The molecule has 1 aromatic carbocycles. The highest BCUT2D eigenvalue weighted by molar-refractivity contribution is 5.92. The smallest absolute Gasteiger partial charge is 0.269 e. The Morgan fingerprint density at radius 2 is 2.35 bits per heavy atom. The molecule has 0 radical (unpaired) electrons. The largest absolute Gasteiger partial charge is 0.364 e. The van der Waals surface area contributed by atoms with Crippen LogP contribution in [-0.2, 0) is 13.0 Å². The van der Waals surface area contributed by atoms with Crippen LogP contribution < -0.4 is 11.1 Å². The van der Waals surface area contributed by atoms with Gasteiger partial charge in [-0.15, -0.1) is 6.42 Å². The standard InChI is InChI=1S/C15H14N4O/c1-2-10-4-3-5-11(8-10)19-13-6-7-17-9-12(13)14(18-19)15(16)20/h1,3-5,8,17H,6-7,9H2,(H2,16,20). The van der Waals surface area contributed by atoms with Crippen molar-refractivity contribution in [2.24, 2.45) is 5.73 Å². The van der Waals surface area contributed by atoms with Gasteiger partial charge in [0.2, 0.25) is 0 Å². The first-order chi connectivity index (χ1) is 9.70. The summed E-state index contributed by atoms with van der Waals surface area (Å²) in [5, 5.41) is 7.60. The molecule has 2 aromatic rings. The van der Waals surface area contributed by atoms with E-state index < -0.39 is 5.91 Å². The van der Waals surface area contributed by atoms with Crippen molar-refractivity contribution in [3.63, 3.8) is 0 Å². The number of fused-ring (bicyclic) bond motifs is 1. The molecule has 3 N–H and O–H groups in total. The molecule has 0 saturated carbocycles. The topological polar surface area (TPSA) is 72.9 Å². The van der Waals surface area contributed by atoms with E-state index in [9.17, 15) is 4.79 Å². The van der Waals surface area contributed by atoms with Crippen LogP contribution in [0.1, 0.15) is 27.3 Å². The van der Waals surface area contributed by atoms with E-state index in [1.54, 1.807) is 4.68 Å². The summed E-state index contributed by atoms with van der Waals surface area (Å²) in [4.78, 5) is 11.5. The fourth-order valence-corrected chi connectivity index (χ4v) is 2.49. The number of nitrogens with one attached hydrogen (secondary N) is 1. The lowest BCUT2D eigenvalue weighted by atomic mass is 10.1. The molecular formula is C15H14N4O. The van der Waals surface area contributed by atoms with Crippen LogP contribution in [0.4, 0.5) is 0 Å². The molecule has 0 aliphatic carbocycles. The first-order valence-corrected chi connectivity index (χ1v) is 6.39. The zero-order valence-corrected chi connectivity index (χ0v) is 10.9. The number of nitrogens with zero attached hydrogens (tertiary/aromatic N) is 2. The van der Waals surface area contributed by atoms with E-state index in [0.717, 1.165) is 35.5 Å². The molecule has 20 heavy (non-hydrogen) atoms. The Hall–Kier alpha value is -2.58. The highest BCUT2D eigenvalue weighted by atomic mass is 16.1. The Morgan fingerprint density at radius 3 is 3.10 bits per heavy atom. The van der Waals surface area contributed by atoms with Gasteiger partial charge in [0.05, 0.1) is 11.4 Å². The van der Waals surface area contributed by atoms with Crippen LogP contribution in [0.2, 0.25) is 0 Å². The summed E-state index contributed by atoms with van der Waals surface area (Å²) in [6.07, 6.45) is 6.23. The monoisotopic (exact) mass is 266 g/mol. The second kappa shape index (κ2) is 4.83. The fraction of sp³-hybridized carbons (Fsp3) is 0.200. The van der Waals surface area contributed by atoms with Gasteiger partial charge in [-0.3, -0.25) is 4.79 Å². The summed E-state index contributed by atoms with van der Waals surface area (Å²) >= 11 is 0. The maximum Gasteiger partial charge on any atom is 0.269 e. The molecule has 0 atom stereocenters. The lowest BCUT2D eigenvalue weighted by Gasteiger charge is -2.15. The summed E-state index contributed by atoms with van der Waals surface area (Å²) in [5.41, 5.74) is 9.28. The minimum atomic E-state index is -0.503. The van der Waals surface area contributed by atoms with Gasteiger partial charge in [0, 0.05) is 30.6 Å². The summed E-state index contributed by atoms with van der Waals surface area (Å²) < 4.78 is 1.77. The van der Waals surface area contributed by atoms with Gasteiger partial charge in [-0.25, -0.2) is 4.68 Å². The minimum absolute atomic E-state index is 0.332. The van der Waals surface area contributed by atoms with Gasteiger partial charge in [0.25, 0.3) is 5.91 Å². The van der Waals surface area contributed by atoms with Crippen molar-refractivity contribution in [1.82, 2.24) is 15.1 Å². The molecule has 0 unspecified atom stereocenters. The van der Waals surface area contributed by atoms with Crippen LogP contribution in [0.3, 0.4) is 0 Å². The number of hydrogen-bond acceptors (Lipinski definition) is 3. The van der Waals surface area contributed by atoms with E-state index in [1.165, 1.54) is 0 Å². The van der Waals surface area contributed by atoms with E-state index in [4.69, 9.17) is 12.2 Å². The van der Waals surface area contributed by atoms with Crippen LogP contribution in [0, 0.1) is 12.3 Å². The van der Waals surface area contributed by atoms with Gasteiger partial charge in [-0.05, 0) is 18.2 Å². The third-order valence-electron chi connectivity index (χ3n) is 3.42. The SMILES string of the molecule is C#Cc1cccc(-n2nc(C(N)=O)c3c2CCNC3)c1. The van der Waals surface area contributed by atoms with Crippen molar-refractivity contribution in [2.45, 2.75) is 13.0 Å². The Balaban J connectivity index is 2.18. The summed E-state index contributed by atoms with van der Waals surface area (Å²) in [5.74, 6) is 2.10. The number of primary amides is 1. The number of benzene rings is 1. The molecule has 1 amide bonds. The van der Waals surface area contributed by atoms with E-state index in [1.807, 2.05) is 24.3 Å². The second-order valence-corrected chi connectivity index (χ2v) is 4.67. The normalized spacial score (nSPS) is 13.6. The lowest BCUT2D eigenvalue weighted by molar-refractivity contribution is 0.0994. The van der Waals surface area contributed by atoms with Gasteiger partial charge >= 0.3 is 0 Å². The van der Waals surface area contributed by atoms with Gasteiger partial charge < -0.3 is 11.1 Å². The Labute approximate surface area is 116 Å². The number of carbonyl (C=O) groups excluding carboxylic acids is 1. The third-order valence-corrected chi connectivity index (χ3v) is 3.42. The van der Waals surface area contributed by atoms with Crippen LogP contribution in [-0.4, -0.2) is 22.2 Å². The first-order valence-electron chi connectivity index (χ1n) is 6.39. The van der Waals surface area contributed by atoms with E-state index in [2.05, 4.69) is 16.3 Å². The number of hydrogen-bond donors (Lipinski definition) is 2. The summed E-state index contributed by atoms with van der Waals surface area (Å²) in [6.45, 7) is 1.47. The minimum Gasteiger partial charge on any atom is -0.364 e. The fourth-order valence-electron chi connectivity index (χ4n) is 2.49. The van der Waals surface area contributed by atoms with Crippen molar-refractivity contribution < 1.29 is 4.79 Å². The number of aromatic nitrogens is 2. The van der Waals surface area contributed by atoms with Crippen molar-refractivity contribution in [3.8, 4) is 18.0 Å². The average Bonchev–Trinajstić information content (AvgIpc) is 2.87. The molecule has 2 heterocycles. The van der Waals surface area contributed by atoms with E-state index >= 15 is 0 Å². The molecule has 100 valence electrons. The van der Waals surface area contributed by atoms with Gasteiger partial charge in [-0.2, -0.15) is 5.10 Å². The van der Waals surface area contributed by atoms with Crippen LogP contribution in [0.5, 0.6) is 0 Å². The number of amides is 1. The molecule has 5 nitrogen and oxygen atoms in total. The molecule has 3 rings (SSSR count). The van der Waals surface area contributed by atoms with Crippen molar-refractivity contribution in [3.05, 3.63) is 46.8 Å². The second-order valence-electron chi connectivity index (χ2n) is 4.67. The van der Waals surface area contributed by atoms with E-state index in [0.29, 0.717) is 12.2 Å². The van der Waals surface area contributed by atoms with Gasteiger partial charge in [0.15, 0.2) is 5.69 Å². The number of rotatable bonds is 2. The quantitative estimate of drug-likeness (QED) is 0.782. The highest BCUT2D eigenvalue weighted by Gasteiger charge is 2.24. The maximum atomic E-state index is 11.5.